The Balaban J connectivity index is 1.93. The van der Waals surface area contributed by atoms with Crippen molar-refractivity contribution in [3.8, 4) is 5.75 Å². The van der Waals surface area contributed by atoms with Gasteiger partial charge in [0.1, 0.15) is 16.9 Å². The largest absolute Gasteiger partial charge is 0.497 e. The molecule has 0 amide bonds. The summed E-state index contributed by atoms with van der Waals surface area (Å²) in [6.07, 6.45) is 2.77. The van der Waals surface area contributed by atoms with Gasteiger partial charge >= 0.3 is 11.9 Å². The highest BCUT2D eigenvalue weighted by Crippen LogP contribution is 2.32. The molecule has 132 valence electrons. The molecule has 0 aromatic heterocycles. The van der Waals surface area contributed by atoms with E-state index in [9.17, 15) is 14.4 Å². The third kappa shape index (κ3) is 4.35. The number of benzene rings is 1. The molecular weight excluding hydrogens is 324 g/mol. The number of methoxy groups -OCH3 is 1. The number of esters is 2. The molecule has 0 unspecified atom stereocenters. The van der Waals surface area contributed by atoms with Crippen molar-refractivity contribution in [2.24, 2.45) is 0 Å². The van der Waals surface area contributed by atoms with E-state index in [0.717, 1.165) is 5.56 Å². The zero-order chi connectivity index (χ0) is 18.6. The molecule has 2 rings (SSSR count). The number of cyclic esters (lactones) is 1. The Labute approximate surface area is 146 Å². The van der Waals surface area contributed by atoms with E-state index >= 15 is 0 Å². The van der Waals surface area contributed by atoms with Crippen molar-refractivity contribution in [1.82, 2.24) is 0 Å². The molecule has 0 aliphatic carbocycles. The minimum Gasteiger partial charge on any atom is -0.497 e. The lowest BCUT2D eigenvalue weighted by atomic mass is 9.96. The van der Waals surface area contributed by atoms with Gasteiger partial charge in [-0.2, -0.15) is 0 Å². The number of rotatable bonds is 6. The first-order valence-electron chi connectivity index (χ1n) is 7.71. The summed E-state index contributed by atoms with van der Waals surface area (Å²) in [5, 5.41) is 0. The molecule has 1 aromatic carbocycles. The molecule has 1 heterocycles. The van der Waals surface area contributed by atoms with E-state index in [1.165, 1.54) is 6.08 Å². The highest BCUT2D eigenvalue weighted by molar-refractivity contribution is 6.20. The van der Waals surface area contributed by atoms with Gasteiger partial charge in [-0.05, 0) is 50.1 Å². The fraction of sp³-hybridized carbons (Fsp3) is 0.316. The Kier molecular flexibility index (Phi) is 5.41. The normalized spacial score (nSPS) is 16.1. The molecule has 1 aliphatic rings. The summed E-state index contributed by atoms with van der Waals surface area (Å²) in [6.45, 7) is 4.54. The summed E-state index contributed by atoms with van der Waals surface area (Å²) in [5.74, 6) is -1.22. The molecule has 6 nitrogen and oxygen atoms in total. The van der Waals surface area contributed by atoms with Crippen molar-refractivity contribution >= 4 is 23.8 Å². The molecule has 0 N–H and O–H groups in total. The topological polar surface area (TPSA) is 78.9 Å². The second kappa shape index (κ2) is 7.34. The summed E-state index contributed by atoms with van der Waals surface area (Å²) in [5.41, 5.74) is 0.452. The lowest BCUT2D eigenvalue weighted by Gasteiger charge is -2.17. The molecule has 0 spiro atoms. The first-order valence-corrected chi connectivity index (χ1v) is 7.71. The minimum atomic E-state index is -0.819. The Bertz CT molecular complexity index is 753. The fourth-order valence-electron chi connectivity index (χ4n) is 2.27. The summed E-state index contributed by atoms with van der Waals surface area (Å²) in [6, 6.07) is 7.07. The van der Waals surface area contributed by atoms with Crippen LogP contribution in [0.3, 0.4) is 0 Å². The maximum atomic E-state index is 12.1. The van der Waals surface area contributed by atoms with Crippen LogP contribution in [0.4, 0.5) is 0 Å². The molecule has 0 atom stereocenters. The molecule has 6 heteroatoms. The van der Waals surface area contributed by atoms with Gasteiger partial charge in [0.15, 0.2) is 6.61 Å². The van der Waals surface area contributed by atoms with Gasteiger partial charge in [-0.15, -0.1) is 0 Å². The highest BCUT2D eigenvalue weighted by atomic mass is 16.6. The zero-order valence-corrected chi connectivity index (χ0v) is 14.6. The second-order valence-corrected chi connectivity index (χ2v) is 6.04. The van der Waals surface area contributed by atoms with E-state index in [1.807, 2.05) is 0 Å². The SMILES string of the molecule is COc1ccc(/C=C/C(=O)OCC(=O)C2=C(C)C(C)(C)OC2=O)cc1. The van der Waals surface area contributed by atoms with Crippen molar-refractivity contribution in [3.63, 3.8) is 0 Å². The van der Waals surface area contributed by atoms with Crippen LogP contribution in [0.5, 0.6) is 5.75 Å². The number of carbonyl (C=O) groups is 3. The molecule has 1 aliphatic heterocycles. The summed E-state index contributed by atoms with van der Waals surface area (Å²) in [4.78, 5) is 35.6. The third-order valence-corrected chi connectivity index (χ3v) is 3.98. The summed E-state index contributed by atoms with van der Waals surface area (Å²) in [7, 11) is 1.57. The van der Waals surface area contributed by atoms with Crippen LogP contribution in [0.25, 0.3) is 6.08 Å². The van der Waals surface area contributed by atoms with E-state index in [1.54, 1.807) is 58.2 Å². The number of carbonyl (C=O) groups excluding carboxylic acids is 3. The standard InChI is InChI=1S/C19H20O6/c1-12-17(18(22)25-19(12,2)3)15(20)11-24-16(21)10-7-13-5-8-14(23-4)9-6-13/h5-10H,11H2,1-4H3/b10-7+. The monoisotopic (exact) mass is 344 g/mol. The molecule has 0 bridgehead atoms. The number of hydrogen-bond donors (Lipinski definition) is 0. The Morgan fingerprint density at radius 2 is 1.84 bits per heavy atom. The van der Waals surface area contributed by atoms with Gasteiger partial charge in [0.05, 0.1) is 7.11 Å². The van der Waals surface area contributed by atoms with Crippen LogP contribution in [0.15, 0.2) is 41.5 Å². The van der Waals surface area contributed by atoms with Gasteiger partial charge in [0.2, 0.25) is 5.78 Å². The predicted octanol–water partition coefficient (Wildman–Crippen LogP) is 2.47. The van der Waals surface area contributed by atoms with E-state index in [2.05, 4.69) is 0 Å². The summed E-state index contributed by atoms with van der Waals surface area (Å²) >= 11 is 0. The van der Waals surface area contributed by atoms with Crippen LogP contribution in [0, 0.1) is 0 Å². The van der Waals surface area contributed by atoms with E-state index < -0.39 is 29.9 Å². The molecule has 0 radical (unpaired) electrons. The first-order chi connectivity index (χ1) is 11.7. The van der Waals surface area contributed by atoms with Crippen molar-refractivity contribution in [1.29, 1.82) is 0 Å². The van der Waals surface area contributed by atoms with Crippen LogP contribution >= 0.6 is 0 Å². The first kappa shape index (κ1) is 18.4. The second-order valence-electron chi connectivity index (χ2n) is 6.04. The number of ether oxygens (including phenoxy) is 3. The van der Waals surface area contributed by atoms with Crippen LogP contribution < -0.4 is 4.74 Å². The van der Waals surface area contributed by atoms with Crippen molar-refractivity contribution in [2.75, 3.05) is 13.7 Å². The predicted molar refractivity (Wildman–Crippen MR) is 90.9 cm³/mol. The van der Waals surface area contributed by atoms with Crippen LogP contribution in [0.1, 0.15) is 26.3 Å². The van der Waals surface area contributed by atoms with Crippen LogP contribution in [0.2, 0.25) is 0 Å². The summed E-state index contributed by atoms with van der Waals surface area (Å²) < 4.78 is 15.1. The van der Waals surface area contributed by atoms with Crippen molar-refractivity contribution in [3.05, 3.63) is 47.1 Å². The Morgan fingerprint density at radius 3 is 2.36 bits per heavy atom. The van der Waals surface area contributed by atoms with Gasteiger partial charge in [-0.25, -0.2) is 9.59 Å². The number of ketones is 1. The minimum absolute atomic E-state index is 0.0445. The van der Waals surface area contributed by atoms with Crippen molar-refractivity contribution in [2.45, 2.75) is 26.4 Å². The van der Waals surface area contributed by atoms with Gasteiger partial charge in [0.25, 0.3) is 0 Å². The van der Waals surface area contributed by atoms with Gasteiger partial charge in [-0.1, -0.05) is 12.1 Å². The number of Topliss-reactive ketones (excluding diaryl/α,β-unsaturated/α-hetero) is 1. The van der Waals surface area contributed by atoms with Gasteiger partial charge in [-0.3, -0.25) is 4.79 Å². The fourth-order valence-corrected chi connectivity index (χ4v) is 2.27. The molecular formula is C19H20O6. The van der Waals surface area contributed by atoms with Crippen LogP contribution in [-0.4, -0.2) is 37.0 Å². The Morgan fingerprint density at radius 1 is 1.20 bits per heavy atom. The highest BCUT2D eigenvalue weighted by Gasteiger charge is 2.40. The lowest BCUT2D eigenvalue weighted by molar-refractivity contribution is -0.147. The molecule has 0 saturated carbocycles. The van der Waals surface area contributed by atoms with Gasteiger partial charge in [0, 0.05) is 6.08 Å². The lowest BCUT2D eigenvalue weighted by Crippen LogP contribution is -2.21. The molecule has 0 saturated heterocycles. The van der Waals surface area contributed by atoms with Gasteiger partial charge < -0.3 is 14.2 Å². The van der Waals surface area contributed by atoms with Crippen LogP contribution in [-0.2, 0) is 23.9 Å². The zero-order valence-electron chi connectivity index (χ0n) is 14.6. The van der Waals surface area contributed by atoms with E-state index in [-0.39, 0.29) is 5.57 Å². The van der Waals surface area contributed by atoms with E-state index in [0.29, 0.717) is 11.3 Å². The third-order valence-electron chi connectivity index (χ3n) is 3.98. The quantitative estimate of drug-likeness (QED) is 0.448. The van der Waals surface area contributed by atoms with Crippen molar-refractivity contribution < 1.29 is 28.6 Å². The molecule has 25 heavy (non-hydrogen) atoms. The number of hydrogen-bond acceptors (Lipinski definition) is 6. The average molecular weight is 344 g/mol. The molecule has 1 aromatic rings. The molecule has 0 fully saturated rings. The maximum Gasteiger partial charge on any atom is 0.342 e. The van der Waals surface area contributed by atoms with E-state index in [4.69, 9.17) is 14.2 Å². The average Bonchev–Trinajstić information content (AvgIpc) is 2.78. The maximum absolute atomic E-state index is 12.1. The smallest absolute Gasteiger partial charge is 0.342 e. The Hall–Kier alpha value is -2.89.